The zero-order valence-corrected chi connectivity index (χ0v) is 8.35. The van der Waals surface area contributed by atoms with Crippen LogP contribution in [0, 0.1) is 0 Å². The quantitative estimate of drug-likeness (QED) is 0.385. The summed E-state index contributed by atoms with van der Waals surface area (Å²) < 4.78 is 30.1. The lowest BCUT2D eigenvalue weighted by Gasteiger charge is -2.01. The van der Waals surface area contributed by atoms with Crippen molar-refractivity contribution in [2.24, 2.45) is 11.5 Å². The van der Waals surface area contributed by atoms with Gasteiger partial charge in [0.2, 0.25) is 11.8 Å². The fourth-order valence-electron chi connectivity index (χ4n) is 0.642. The maximum atomic E-state index is 10.7. The van der Waals surface area contributed by atoms with Crippen LogP contribution in [0.2, 0.25) is 0 Å². The van der Waals surface area contributed by atoms with Gasteiger partial charge in [-0.15, -0.1) is 0 Å². The number of amides is 2. The van der Waals surface area contributed by atoms with Crippen LogP contribution >= 0.6 is 0 Å². The van der Waals surface area contributed by atoms with Crippen LogP contribution in [0.25, 0.3) is 0 Å². The van der Waals surface area contributed by atoms with Crippen molar-refractivity contribution in [3.05, 3.63) is 24.3 Å². The fraction of sp³-hybridized carbons (Fsp3) is 0.143. The molecule has 0 radical (unpaired) electrons. The topological polar surface area (TPSA) is 141 Å². The largest absolute Gasteiger partial charge is 0.366 e. The van der Waals surface area contributed by atoms with Crippen LogP contribution in [-0.2, 0) is 19.7 Å². The van der Waals surface area contributed by atoms with Gasteiger partial charge in [0.15, 0.2) is 0 Å². The van der Waals surface area contributed by atoms with Crippen LogP contribution in [0.1, 0.15) is 0 Å². The minimum absolute atomic E-state index is 0.754. The molecule has 7 nitrogen and oxygen atoms in total. The number of carbonyl (C=O) groups excluding carboxylic acids is 2. The third-order valence-corrected chi connectivity index (χ3v) is 2.25. The van der Waals surface area contributed by atoms with Gasteiger partial charge in [-0.1, -0.05) is 12.2 Å². The summed E-state index contributed by atoms with van der Waals surface area (Å²) in [6, 6.07) is 0. The van der Waals surface area contributed by atoms with Crippen molar-refractivity contribution in [1.82, 2.24) is 0 Å². The molecule has 5 N–H and O–H groups in total. The summed E-state index contributed by atoms with van der Waals surface area (Å²) in [6.45, 7) is 0. The highest BCUT2D eigenvalue weighted by atomic mass is 32.2. The second-order valence-electron chi connectivity index (χ2n) is 2.50. The van der Waals surface area contributed by atoms with Crippen LogP contribution in [0.5, 0.6) is 0 Å². The first kappa shape index (κ1) is 13.3. The molecule has 0 saturated carbocycles. The molecule has 0 spiro atoms. The Morgan fingerprint density at radius 2 is 1.40 bits per heavy atom. The van der Waals surface area contributed by atoms with Gasteiger partial charge in [-0.3, -0.25) is 14.1 Å². The van der Waals surface area contributed by atoms with E-state index in [-0.39, 0.29) is 0 Å². The molecular weight excluding hydrogens is 224 g/mol. The number of hydrogen-bond donors (Lipinski definition) is 3. The molecule has 0 saturated heterocycles. The van der Waals surface area contributed by atoms with Crippen LogP contribution in [0.15, 0.2) is 24.3 Å². The van der Waals surface area contributed by atoms with Crippen LogP contribution in [0.4, 0.5) is 0 Å². The van der Waals surface area contributed by atoms with E-state index in [0.29, 0.717) is 0 Å². The Hall–Kier alpha value is -1.67. The van der Waals surface area contributed by atoms with E-state index in [1.807, 2.05) is 0 Å². The average Bonchev–Trinajstić information content (AvgIpc) is 2.00. The van der Waals surface area contributed by atoms with Crippen molar-refractivity contribution in [3.8, 4) is 0 Å². The van der Waals surface area contributed by atoms with Crippen molar-refractivity contribution < 1.29 is 22.6 Å². The van der Waals surface area contributed by atoms with E-state index in [9.17, 15) is 18.0 Å². The molecule has 0 aliphatic heterocycles. The maximum Gasteiger partial charge on any atom is 0.275 e. The van der Waals surface area contributed by atoms with Gasteiger partial charge in [-0.05, 0) is 0 Å². The first-order valence-corrected chi connectivity index (χ1v) is 5.15. The fourth-order valence-corrected chi connectivity index (χ4v) is 1.20. The first-order chi connectivity index (χ1) is 6.73. The monoisotopic (exact) mass is 234 g/mol. The van der Waals surface area contributed by atoms with Crippen molar-refractivity contribution >= 4 is 21.9 Å². The van der Waals surface area contributed by atoms with Gasteiger partial charge in [0, 0.05) is 12.2 Å². The second kappa shape index (κ2) is 5.27. The summed E-state index contributed by atoms with van der Waals surface area (Å²) in [5.41, 5.74) is 9.44. The van der Waals surface area contributed by atoms with Gasteiger partial charge < -0.3 is 11.5 Å². The Kier molecular flexibility index (Phi) is 4.68. The smallest absolute Gasteiger partial charge is 0.275 e. The average molecular weight is 234 g/mol. The Bertz CT molecular complexity index is 385. The molecule has 2 amide bonds. The van der Waals surface area contributed by atoms with E-state index in [1.54, 1.807) is 0 Å². The normalized spacial score (nSPS) is 14.5. The Labute approximate surface area is 86.2 Å². The van der Waals surface area contributed by atoms with Gasteiger partial charge >= 0.3 is 0 Å². The van der Waals surface area contributed by atoms with Gasteiger partial charge in [0.25, 0.3) is 10.1 Å². The SMILES string of the molecule is NC(=O)C=CC(C=CC(N)=O)S(=O)(=O)O. The molecule has 0 aromatic carbocycles. The lowest BCUT2D eigenvalue weighted by atomic mass is 10.3. The molecule has 0 rings (SSSR count). The van der Waals surface area contributed by atoms with E-state index in [2.05, 4.69) is 0 Å². The van der Waals surface area contributed by atoms with Crippen molar-refractivity contribution in [1.29, 1.82) is 0 Å². The van der Waals surface area contributed by atoms with E-state index in [1.165, 1.54) is 0 Å². The predicted molar refractivity (Wildman–Crippen MR) is 52.0 cm³/mol. The molecule has 0 aromatic heterocycles. The first-order valence-electron chi connectivity index (χ1n) is 3.65. The standard InChI is InChI=1S/C7H10N2O5S/c8-6(10)3-1-5(15(12,13)14)2-4-7(9)11/h1-5H,(H2,8,10)(H2,9,11)(H,12,13,14). The molecule has 84 valence electrons. The lowest BCUT2D eigenvalue weighted by Crippen LogP contribution is -2.18. The van der Waals surface area contributed by atoms with Crippen LogP contribution in [-0.4, -0.2) is 30.0 Å². The number of hydrogen-bond acceptors (Lipinski definition) is 4. The molecular formula is C7H10N2O5S. The van der Waals surface area contributed by atoms with Gasteiger partial charge in [0.05, 0.1) is 0 Å². The summed E-state index contributed by atoms with van der Waals surface area (Å²) in [6.07, 6.45) is 3.17. The minimum Gasteiger partial charge on any atom is -0.366 e. The Morgan fingerprint density at radius 3 is 1.60 bits per heavy atom. The molecule has 0 heterocycles. The minimum atomic E-state index is -4.45. The molecule has 0 fully saturated rings. The zero-order chi connectivity index (χ0) is 12.1. The third-order valence-electron chi connectivity index (χ3n) is 1.24. The van der Waals surface area contributed by atoms with E-state index < -0.39 is 27.2 Å². The highest BCUT2D eigenvalue weighted by Crippen LogP contribution is 2.02. The van der Waals surface area contributed by atoms with Crippen LogP contribution < -0.4 is 11.5 Å². The summed E-state index contributed by atoms with van der Waals surface area (Å²) in [4.78, 5) is 20.6. The summed E-state index contributed by atoms with van der Waals surface area (Å²) in [7, 11) is -4.45. The highest BCUT2D eigenvalue weighted by Gasteiger charge is 2.16. The molecule has 8 heteroatoms. The summed E-state index contributed by atoms with van der Waals surface area (Å²) >= 11 is 0. The number of carbonyl (C=O) groups is 2. The molecule has 0 bridgehead atoms. The number of primary amides is 2. The second-order valence-corrected chi connectivity index (χ2v) is 4.08. The highest BCUT2D eigenvalue weighted by molar-refractivity contribution is 7.86. The molecule has 0 unspecified atom stereocenters. The van der Waals surface area contributed by atoms with E-state index in [4.69, 9.17) is 16.0 Å². The third kappa shape index (κ3) is 6.41. The number of nitrogens with two attached hydrogens (primary N) is 2. The molecule has 0 aliphatic rings. The maximum absolute atomic E-state index is 10.7. The van der Waals surface area contributed by atoms with Gasteiger partial charge in [-0.25, -0.2) is 0 Å². The molecule has 15 heavy (non-hydrogen) atoms. The summed E-state index contributed by atoms with van der Waals surface area (Å²) in [5, 5.41) is -1.53. The van der Waals surface area contributed by atoms with Gasteiger partial charge in [0.1, 0.15) is 5.25 Å². The van der Waals surface area contributed by atoms with E-state index >= 15 is 0 Å². The van der Waals surface area contributed by atoms with Crippen molar-refractivity contribution in [3.63, 3.8) is 0 Å². The predicted octanol–water partition coefficient (Wildman–Crippen LogP) is -1.67. The summed E-state index contributed by atoms with van der Waals surface area (Å²) in [5.74, 6) is -1.76. The lowest BCUT2D eigenvalue weighted by molar-refractivity contribution is -0.114. The van der Waals surface area contributed by atoms with E-state index in [0.717, 1.165) is 24.3 Å². The molecule has 0 atom stereocenters. The zero-order valence-electron chi connectivity index (χ0n) is 7.53. The van der Waals surface area contributed by atoms with Crippen LogP contribution in [0.3, 0.4) is 0 Å². The Morgan fingerprint density at radius 1 is 1.07 bits per heavy atom. The number of rotatable bonds is 5. The van der Waals surface area contributed by atoms with Crippen molar-refractivity contribution in [2.45, 2.75) is 5.25 Å². The van der Waals surface area contributed by atoms with Gasteiger partial charge in [-0.2, -0.15) is 8.42 Å². The molecule has 0 aliphatic carbocycles. The Balaban J connectivity index is 4.93. The van der Waals surface area contributed by atoms with Crippen molar-refractivity contribution in [2.75, 3.05) is 0 Å². The molecule has 0 aromatic rings.